The van der Waals surface area contributed by atoms with E-state index < -0.39 is 17.9 Å². The zero-order chi connectivity index (χ0) is 16.7. The maximum atomic E-state index is 12.5. The number of nitrogens with one attached hydrogen (secondary N) is 1. The number of likely N-dealkylation sites (N-methyl/N-ethyl adjacent to an activating group) is 1. The lowest BCUT2D eigenvalue weighted by Crippen LogP contribution is -2.48. The third-order valence-electron chi connectivity index (χ3n) is 3.28. The van der Waals surface area contributed by atoms with Gasteiger partial charge in [-0.25, -0.2) is 0 Å². The third-order valence-corrected chi connectivity index (χ3v) is 3.28. The van der Waals surface area contributed by atoms with Gasteiger partial charge in [0.1, 0.15) is 12.3 Å². The monoisotopic (exact) mass is 305 g/mol. The molecule has 118 valence electrons. The Morgan fingerprint density at radius 3 is 2.59 bits per heavy atom. The Kier molecular flexibility index (Phi) is 6.25. The number of nitrogen functional groups attached to an aromatic ring is 1. The molecule has 1 atom stereocenters. The van der Waals surface area contributed by atoms with Crippen molar-refractivity contribution < 1.29 is 19.2 Å². The number of aryl methyl sites for hydroxylation is 1. The lowest BCUT2D eigenvalue weighted by molar-refractivity contribution is -0.131. The maximum Gasteiger partial charge on any atom is 0.261 e. The van der Waals surface area contributed by atoms with Crippen LogP contribution in [-0.4, -0.2) is 42.5 Å². The molecular formula is C15H19N3O4. The molecule has 7 nitrogen and oxygen atoms in total. The van der Waals surface area contributed by atoms with Gasteiger partial charge >= 0.3 is 0 Å². The van der Waals surface area contributed by atoms with Crippen molar-refractivity contribution in [3.8, 4) is 0 Å². The fraction of sp³-hybridized carbons (Fsp3) is 0.333. The van der Waals surface area contributed by atoms with Crippen molar-refractivity contribution in [1.29, 1.82) is 0 Å². The number of aldehydes is 1. The van der Waals surface area contributed by atoms with Crippen molar-refractivity contribution in [2.45, 2.75) is 25.8 Å². The standard InChI is InChI=1S/C15H19N3O4/c1-10-5-6-11(16)8-12(10)15(22)18(9-20)13(4-3-7-19)14(21)17-2/h5-9,13H,3-4,16H2,1-2H3,(H,17,21). The first-order valence-corrected chi connectivity index (χ1v) is 6.75. The predicted molar refractivity (Wildman–Crippen MR) is 81.0 cm³/mol. The fourth-order valence-electron chi connectivity index (χ4n) is 2.06. The zero-order valence-electron chi connectivity index (χ0n) is 12.5. The number of imide groups is 1. The molecular weight excluding hydrogens is 286 g/mol. The van der Waals surface area contributed by atoms with Crippen LogP contribution < -0.4 is 11.1 Å². The van der Waals surface area contributed by atoms with Crippen LogP contribution in [0.1, 0.15) is 28.8 Å². The van der Waals surface area contributed by atoms with Crippen molar-refractivity contribution in [3.63, 3.8) is 0 Å². The average Bonchev–Trinajstić information content (AvgIpc) is 2.52. The highest BCUT2D eigenvalue weighted by molar-refractivity contribution is 6.04. The summed E-state index contributed by atoms with van der Waals surface area (Å²) >= 11 is 0. The van der Waals surface area contributed by atoms with Gasteiger partial charge in [-0.1, -0.05) is 6.07 Å². The first-order chi connectivity index (χ1) is 10.5. The second-order valence-corrected chi connectivity index (χ2v) is 4.77. The van der Waals surface area contributed by atoms with Crippen LogP contribution in [0.25, 0.3) is 0 Å². The van der Waals surface area contributed by atoms with Gasteiger partial charge < -0.3 is 15.8 Å². The maximum absolute atomic E-state index is 12.5. The molecule has 0 heterocycles. The zero-order valence-corrected chi connectivity index (χ0v) is 12.5. The fourth-order valence-corrected chi connectivity index (χ4v) is 2.06. The Hall–Kier alpha value is -2.70. The summed E-state index contributed by atoms with van der Waals surface area (Å²) in [5, 5.41) is 2.39. The highest BCUT2D eigenvalue weighted by Crippen LogP contribution is 2.17. The molecule has 0 bridgehead atoms. The second-order valence-electron chi connectivity index (χ2n) is 4.77. The number of carbonyl (C=O) groups excluding carboxylic acids is 4. The van der Waals surface area contributed by atoms with Crippen molar-refractivity contribution >= 4 is 30.2 Å². The highest BCUT2D eigenvalue weighted by Gasteiger charge is 2.30. The minimum absolute atomic E-state index is 0.0611. The van der Waals surface area contributed by atoms with Crippen LogP contribution >= 0.6 is 0 Å². The van der Waals surface area contributed by atoms with Crippen LogP contribution in [0.3, 0.4) is 0 Å². The first kappa shape index (κ1) is 17.4. The molecule has 0 saturated carbocycles. The van der Waals surface area contributed by atoms with Crippen LogP contribution in [0.15, 0.2) is 18.2 Å². The minimum atomic E-state index is -1.04. The number of benzene rings is 1. The van der Waals surface area contributed by atoms with E-state index in [4.69, 9.17) is 5.73 Å². The average molecular weight is 305 g/mol. The Bertz CT molecular complexity index is 586. The summed E-state index contributed by atoms with van der Waals surface area (Å²) in [6, 6.07) is 3.71. The van der Waals surface area contributed by atoms with Gasteiger partial charge in [0, 0.05) is 24.7 Å². The first-order valence-electron chi connectivity index (χ1n) is 6.75. The van der Waals surface area contributed by atoms with E-state index in [-0.39, 0.29) is 18.4 Å². The molecule has 3 amide bonds. The number of anilines is 1. The van der Waals surface area contributed by atoms with E-state index in [0.717, 1.165) is 4.90 Å². The number of rotatable bonds is 7. The normalized spacial score (nSPS) is 11.4. The molecule has 0 aliphatic carbocycles. The van der Waals surface area contributed by atoms with E-state index in [1.807, 2.05) is 0 Å². The molecule has 0 aliphatic heterocycles. The molecule has 0 fully saturated rings. The van der Waals surface area contributed by atoms with E-state index in [9.17, 15) is 19.2 Å². The molecule has 1 aromatic rings. The smallest absolute Gasteiger partial charge is 0.261 e. The number of hydrogen-bond acceptors (Lipinski definition) is 5. The lowest BCUT2D eigenvalue weighted by Gasteiger charge is -2.25. The van der Waals surface area contributed by atoms with Gasteiger partial charge in [0.25, 0.3) is 5.91 Å². The summed E-state index contributed by atoms with van der Waals surface area (Å²) < 4.78 is 0. The lowest BCUT2D eigenvalue weighted by atomic mass is 10.0. The minimum Gasteiger partial charge on any atom is -0.399 e. The molecule has 0 spiro atoms. The quantitative estimate of drug-likeness (QED) is 0.555. The summed E-state index contributed by atoms with van der Waals surface area (Å²) in [4.78, 5) is 47.1. The van der Waals surface area contributed by atoms with Gasteiger partial charge in [-0.05, 0) is 31.0 Å². The Morgan fingerprint density at radius 2 is 2.05 bits per heavy atom. The molecule has 1 rings (SSSR count). The number of hydrogen-bond donors (Lipinski definition) is 2. The second kappa shape index (κ2) is 7.92. The molecule has 0 radical (unpaired) electrons. The molecule has 7 heteroatoms. The van der Waals surface area contributed by atoms with Gasteiger partial charge in [-0.2, -0.15) is 0 Å². The van der Waals surface area contributed by atoms with Gasteiger partial charge in [0.15, 0.2) is 0 Å². The van der Waals surface area contributed by atoms with Crippen LogP contribution in [0.4, 0.5) is 5.69 Å². The van der Waals surface area contributed by atoms with Crippen molar-refractivity contribution in [1.82, 2.24) is 10.2 Å². The summed E-state index contributed by atoms with van der Waals surface area (Å²) in [5.41, 5.74) is 6.92. The number of carbonyl (C=O) groups is 4. The predicted octanol–water partition coefficient (Wildman–Crippen LogP) is 0.270. The van der Waals surface area contributed by atoms with E-state index in [2.05, 4.69) is 5.32 Å². The van der Waals surface area contributed by atoms with Crippen LogP contribution in [0.5, 0.6) is 0 Å². The summed E-state index contributed by atoms with van der Waals surface area (Å²) in [6.45, 7) is 1.70. The molecule has 0 saturated heterocycles. The van der Waals surface area contributed by atoms with Crippen LogP contribution in [0, 0.1) is 6.92 Å². The molecule has 1 aromatic carbocycles. The molecule has 22 heavy (non-hydrogen) atoms. The molecule has 0 aliphatic rings. The Labute approximate surface area is 128 Å². The summed E-state index contributed by atoms with van der Waals surface area (Å²) in [7, 11) is 1.40. The molecule has 0 aromatic heterocycles. The third kappa shape index (κ3) is 3.91. The Balaban J connectivity index is 3.17. The number of amides is 3. The van der Waals surface area contributed by atoms with Gasteiger partial charge in [0.05, 0.1) is 0 Å². The van der Waals surface area contributed by atoms with Gasteiger partial charge in [0.2, 0.25) is 12.3 Å². The van der Waals surface area contributed by atoms with Crippen molar-refractivity contribution in [3.05, 3.63) is 29.3 Å². The Morgan fingerprint density at radius 1 is 1.36 bits per heavy atom. The molecule has 3 N–H and O–H groups in total. The largest absolute Gasteiger partial charge is 0.399 e. The summed E-state index contributed by atoms with van der Waals surface area (Å²) in [5.74, 6) is -1.14. The number of nitrogens with two attached hydrogens (primary N) is 1. The summed E-state index contributed by atoms with van der Waals surface area (Å²) in [6.07, 6.45) is 1.06. The van der Waals surface area contributed by atoms with E-state index in [1.54, 1.807) is 19.1 Å². The van der Waals surface area contributed by atoms with Crippen molar-refractivity contribution in [2.24, 2.45) is 0 Å². The van der Waals surface area contributed by atoms with Gasteiger partial charge in [-0.15, -0.1) is 0 Å². The van der Waals surface area contributed by atoms with Gasteiger partial charge in [-0.3, -0.25) is 19.3 Å². The van der Waals surface area contributed by atoms with E-state index >= 15 is 0 Å². The van der Waals surface area contributed by atoms with E-state index in [1.165, 1.54) is 13.1 Å². The SMILES string of the molecule is CNC(=O)C(CCC=O)N(C=O)C(=O)c1cc(N)ccc1C. The van der Waals surface area contributed by atoms with E-state index in [0.29, 0.717) is 23.9 Å². The van der Waals surface area contributed by atoms with Crippen LogP contribution in [-0.2, 0) is 14.4 Å². The van der Waals surface area contributed by atoms with Crippen LogP contribution in [0.2, 0.25) is 0 Å². The topological polar surface area (TPSA) is 110 Å². The highest BCUT2D eigenvalue weighted by atomic mass is 16.2. The number of nitrogens with zero attached hydrogens (tertiary/aromatic N) is 1. The molecule has 1 unspecified atom stereocenters. The van der Waals surface area contributed by atoms with Crippen molar-refractivity contribution in [2.75, 3.05) is 12.8 Å².